The van der Waals surface area contributed by atoms with Gasteiger partial charge in [-0.05, 0) is 37.1 Å². The molecule has 0 aliphatic carbocycles. The maximum Gasteiger partial charge on any atom is 0.326 e. The first-order valence-electron chi connectivity index (χ1n) is 5.57. The summed E-state index contributed by atoms with van der Waals surface area (Å²) in [5.41, 5.74) is 2.85. The van der Waals surface area contributed by atoms with Crippen molar-refractivity contribution in [3.8, 4) is 0 Å². The Morgan fingerprint density at radius 1 is 1.22 bits per heavy atom. The minimum Gasteiger partial charge on any atom is -0.481 e. The van der Waals surface area contributed by atoms with Gasteiger partial charge >= 0.3 is 11.9 Å². The van der Waals surface area contributed by atoms with Gasteiger partial charge in [0.05, 0.1) is 6.42 Å². The van der Waals surface area contributed by atoms with Crippen LogP contribution in [0.2, 0.25) is 0 Å². The third-order valence-corrected chi connectivity index (χ3v) is 3.02. The molecule has 2 N–H and O–H groups in total. The number of likely N-dealkylation sites (N-methyl/N-ethyl adjacent to an activating group) is 1. The number of carboxylic acids is 2. The lowest BCUT2D eigenvalue weighted by molar-refractivity contribution is -0.145. The second-order valence-electron chi connectivity index (χ2n) is 4.33. The highest BCUT2D eigenvalue weighted by Gasteiger charge is 2.25. The predicted octanol–water partition coefficient (Wildman–Crippen LogP) is 1.67. The van der Waals surface area contributed by atoms with E-state index in [1.54, 1.807) is 13.1 Å². The van der Waals surface area contributed by atoms with E-state index in [9.17, 15) is 9.59 Å². The Morgan fingerprint density at radius 3 is 2.28 bits per heavy atom. The monoisotopic (exact) mass is 251 g/mol. The molecule has 98 valence electrons. The molecule has 5 nitrogen and oxygen atoms in total. The molecular weight excluding hydrogens is 234 g/mol. The van der Waals surface area contributed by atoms with Crippen LogP contribution in [-0.4, -0.2) is 35.2 Å². The SMILES string of the molecule is Cc1ccc(N(C)C(CC(=O)O)C(=O)O)cc1C. The maximum atomic E-state index is 11.1. The van der Waals surface area contributed by atoms with E-state index < -0.39 is 24.4 Å². The van der Waals surface area contributed by atoms with E-state index >= 15 is 0 Å². The first-order chi connectivity index (χ1) is 8.32. The summed E-state index contributed by atoms with van der Waals surface area (Å²) in [6.45, 7) is 3.89. The normalized spacial score (nSPS) is 11.9. The zero-order valence-corrected chi connectivity index (χ0v) is 10.7. The average molecular weight is 251 g/mol. The van der Waals surface area contributed by atoms with Crippen LogP contribution < -0.4 is 4.90 Å². The Balaban J connectivity index is 3.01. The summed E-state index contributed by atoms with van der Waals surface area (Å²) < 4.78 is 0. The Kier molecular flexibility index (Phi) is 4.31. The van der Waals surface area contributed by atoms with Crippen LogP contribution in [-0.2, 0) is 9.59 Å². The van der Waals surface area contributed by atoms with E-state index in [0.29, 0.717) is 5.69 Å². The summed E-state index contributed by atoms with van der Waals surface area (Å²) in [6.07, 6.45) is -0.432. The molecular formula is C13H17NO4. The minimum atomic E-state index is -1.14. The third-order valence-electron chi connectivity index (χ3n) is 3.02. The van der Waals surface area contributed by atoms with E-state index in [-0.39, 0.29) is 0 Å². The summed E-state index contributed by atoms with van der Waals surface area (Å²) in [7, 11) is 1.59. The summed E-state index contributed by atoms with van der Waals surface area (Å²) in [6, 6.07) is 4.47. The van der Waals surface area contributed by atoms with Gasteiger partial charge in [-0.15, -0.1) is 0 Å². The van der Waals surface area contributed by atoms with Gasteiger partial charge in [0, 0.05) is 12.7 Å². The Hall–Kier alpha value is -2.04. The number of nitrogens with zero attached hydrogens (tertiary/aromatic N) is 1. The number of anilines is 1. The fourth-order valence-corrected chi connectivity index (χ4v) is 1.68. The van der Waals surface area contributed by atoms with Crippen LogP contribution in [0.5, 0.6) is 0 Å². The van der Waals surface area contributed by atoms with Crippen LogP contribution in [0.4, 0.5) is 5.69 Å². The molecule has 0 radical (unpaired) electrons. The molecule has 18 heavy (non-hydrogen) atoms. The van der Waals surface area contributed by atoms with Crippen LogP contribution in [0, 0.1) is 13.8 Å². The van der Waals surface area contributed by atoms with Crippen LogP contribution >= 0.6 is 0 Å². The van der Waals surface area contributed by atoms with Gasteiger partial charge in [-0.3, -0.25) is 4.79 Å². The molecule has 5 heteroatoms. The van der Waals surface area contributed by atoms with Crippen molar-refractivity contribution in [3.05, 3.63) is 29.3 Å². The zero-order valence-electron chi connectivity index (χ0n) is 10.7. The second kappa shape index (κ2) is 5.53. The van der Waals surface area contributed by atoms with E-state index in [0.717, 1.165) is 11.1 Å². The van der Waals surface area contributed by atoms with Crippen LogP contribution in [0.15, 0.2) is 18.2 Å². The fraction of sp³-hybridized carbons (Fsp3) is 0.385. The highest BCUT2D eigenvalue weighted by molar-refractivity contribution is 5.84. The highest BCUT2D eigenvalue weighted by Crippen LogP contribution is 2.20. The molecule has 0 saturated heterocycles. The molecule has 1 rings (SSSR count). The van der Waals surface area contributed by atoms with E-state index in [4.69, 9.17) is 10.2 Å². The van der Waals surface area contributed by atoms with Crippen molar-refractivity contribution >= 4 is 17.6 Å². The molecule has 1 atom stereocenters. The zero-order chi connectivity index (χ0) is 13.9. The number of carbonyl (C=O) groups is 2. The van der Waals surface area contributed by atoms with Crippen molar-refractivity contribution in [2.24, 2.45) is 0 Å². The summed E-state index contributed by atoms with van der Waals surface area (Å²) in [5.74, 6) is -2.27. The van der Waals surface area contributed by atoms with E-state index in [2.05, 4.69) is 0 Å². The van der Waals surface area contributed by atoms with Gasteiger partial charge in [0.25, 0.3) is 0 Å². The predicted molar refractivity (Wildman–Crippen MR) is 68.0 cm³/mol. The van der Waals surface area contributed by atoms with Crippen molar-refractivity contribution in [1.82, 2.24) is 0 Å². The topological polar surface area (TPSA) is 77.8 Å². The Bertz CT molecular complexity index is 470. The number of aliphatic carboxylic acids is 2. The Morgan fingerprint density at radius 2 is 1.83 bits per heavy atom. The van der Waals surface area contributed by atoms with Crippen molar-refractivity contribution in [1.29, 1.82) is 0 Å². The smallest absolute Gasteiger partial charge is 0.326 e. The standard InChI is InChI=1S/C13H17NO4/c1-8-4-5-10(6-9(8)2)14(3)11(13(17)18)7-12(15)16/h4-6,11H,7H2,1-3H3,(H,15,16)(H,17,18). The molecule has 1 unspecified atom stereocenters. The maximum absolute atomic E-state index is 11.1. The molecule has 0 aromatic heterocycles. The molecule has 1 aromatic carbocycles. The summed E-state index contributed by atoms with van der Waals surface area (Å²) in [4.78, 5) is 23.3. The quantitative estimate of drug-likeness (QED) is 0.832. The lowest BCUT2D eigenvalue weighted by atomic mass is 10.1. The van der Waals surface area contributed by atoms with Gasteiger partial charge in [-0.2, -0.15) is 0 Å². The van der Waals surface area contributed by atoms with Gasteiger partial charge in [-0.1, -0.05) is 6.07 Å². The molecule has 0 fully saturated rings. The molecule has 0 spiro atoms. The lowest BCUT2D eigenvalue weighted by Gasteiger charge is -2.26. The summed E-state index contributed by atoms with van der Waals surface area (Å²) >= 11 is 0. The van der Waals surface area contributed by atoms with E-state index in [1.165, 1.54) is 4.90 Å². The Labute approximate surface area is 106 Å². The molecule has 0 amide bonds. The molecule has 0 aliphatic heterocycles. The first-order valence-corrected chi connectivity index (χ1v) is 5.57. The fourth-order valence-electron chi connectivity index (χ4n) is 1.68. The first kappa shape index (κ1) is 14.0. The number of hydrogen-bond donors (Lipinski definition) is 2. The minimum absolute atomic E-state index is 0.432. The molecule has 0 bridgehead atoms. The second-order valence-corrected chi connectivity index (χ2v) is 4.33. The van der Waals surface area contributed by atoms with Gasteiger partial charge in [0.2, 0.25) is 0 Å². The average Bonchev–Trinajstić information content (AvgIpc) is 2.28. The summed E-state index contributed by atoms with van der Waals surface area (Å²) in [5, 5.41) is 17.8. The van der Waals surface area contributed by atoms with Crippen LogP contribution in [0.1, 0.15) is 17.5 Å². The van der Waals surface area contributed by atoms with Gasteiger partial charge in [-0.25, -0.2) is 4.79 Å². The number of rotatable bonds is 5. The van der Waals surface area contributed by atoms with Crippen LogP contribution in [0.3, 0.4) is 0 Å². The van der Waals surface area contributed by atoms with Crippen molar-refractivity contribution in [2.45, 2.75) is 26.3 Å². The van der Waals surface area contributed by atoms with Crippen LogP contribution in [0.25, 0.3) is 0 Å². The van der Waals surface area contributed by atoms with Crippen molar-refractivity contribution < 1.29 is 19.8 Å². The van der Waals surface area contributed by atoms with Gasteiger partial charge in [0.1, 0.15) is 6.04 Å². The van der Waals surface area contributed by atoms with Gasteiger partial charge in [0.15, 0.2) is 0 Å². The lowest BCUT2D eigenvalue weighted by Crippen LogP contribution is -2.40. The number of hydrogen-bond acceptors (Lipinski definition) is 3. The third kappa shape index (κ3) is 3.23. The number of carboxylic acid groups (broad SMARTS) is 2. The number of aryl methyl sites for hydroxylation is 2. The largest absolute Gasteiger partial charge is 0.481 e. The van der Waals surface area contributed by atoms with Gasteiger partial charge < -0.3 is 15.1 Å². The molecule has 0 saturated carbocycles. The van der Waals surface area contributed by atoms with Crippen molar-refractivity contribution in [3.63, 3.8) is 0 Å². The molecule has 0 aliphatic rings. The van der Waals surface area contributed by atoms with Crippen molar-refractivity contribution in [2.75, 3.05) is 11.9 Å². The molecule has 1 aromatic rings. The number of benzene rings is 1. The molecule has 0 heterocycles. The highest BCUT2D eigenvalue weighted by atomic mass is 16.4. The van der Waals surface area contributed by atoms with E-state index in [1.807, 2.05) is 26.0 Å².